The largest absolute Gasteiger partial charge is 0.496 e. The van der Waals surface area contributed by atoms with Crippen molar-refractivity contribution in [3.63, 3.8) is 0 Å². The maximum absolute atomic E-state index is 5.31. The second-order valence-corrected chi connectivity index (χ2v) is 5.84. The molecule has 1 atom stereocenters. The normalized spacial score (nSPS) is 18.3. The summed E-state index contributed by atoms with van der Waals surface area (Å²) >= 11 is 3.59. The van der Waals surface area contributed by atoms with Crippen LogP contribution in [0.1, 0.15) is 31.4 Å². The van der Waals surface area contributed by atoms with Gasteiger partial charge < -0.3 is 10.1 Å². The van der Waals surface area contributed by atoms with Crippen LogP contribution in [0, 0.1) is 0 Å². The standard InChI is InChI=1S/C15H23BrN2O/c1-3-4-14(18-9-7-17-8-10-18)12-5-6-15(19-2)13(16)11-12/h5-6,11,14,17H,3-4,7-10H2,1-2H3/t14-/m0/s1. The second kappa shape index (κ2) is 7.27. The van der Waals surface area contributed by atoms with Crippen LogP contribution in [0.25, 0.3) is 0 Å². The summed E-state index contributed by atoms with van der Waals surface area (Å²) in [6, 6.07) is 6.99. The van der Waals surface area contributed by atoms with E-state index in [1.165, 1.54) is 18.4 Å². The quantitative estimate of drug-likeness (QED) is 0.899. The Hall–Kier alpha value is -0.580. The molecule has 4 heteroatoms. The molecule has 106 valence electrons. The molecular formula is C15H23BrN2O. The number of rotatable bonds is 5. The third-order valence-corrected chi connectivity index (χ3v) is 4.33. The number of methoxy groups -OCH3 is 1. The van der Waals surface area contributed by atoms with Gasteiger partial charge >= 0.3 is 0 Å². The zero-order chi connectivity index (χ0) is 13.7. The molecule has 0 spiro atoms. The fourth-order valence-electron chi connectivity index (χ4n) is 2.72. The Balaban J connectivity index is 2.19. The minimum Gasteiger partial charge on any atom is -0.496 e. The lowest BCUT2D eigenvalue weighted by atomic mass is 10.00. The Morgan fingerprint density at radius 3 is 2.68 bits per heavy atom. The average Bonchev–Trinajstić information content (AvgIpc) is 2.45. The molecule has 0 amide bonds. The highest BCUT2D eigenvalue weighted by Crippen LogP contribution is 2.32. The first-order valence-corrected chi connectivity index (χ1v) is 7.83. The average molecular weight is 327 g/mol. The van der Waals surface area contributed by atoms with E-state index in [1.54, 1.807) is 7.11 Å². The highest BCUT2D eigenvalue weighted by atomic mass is 79.9. The molecule has 1 heterocycles. The van der Waals surface area contributed by atoms with Gasteiger partial charge in [-0.2, -0.15) is 0 Å². The molecule has 0 bridgehead atoms. The monoisotopic (exact) mass is 326 g/mol. The predicted octanol–water partition coefficient (Wildman–Crippen LogP) is 3.20. The maximum atomic E-state index is 5.31. The van der Waals surface area contributed by atoms with Crippen molar-refractivity contribution in [1.82, 2.24) is 10.2 Å². The number of hydrogen-bond acceptors (Lipinski definition) is 3. The van der Waals surface area contributed by atoms with E-state index in [1.807, 2.05) is 0 Å². The van der Waals surface area contributed by atoms with Crippen molar-refractivity contribution in [1.29, 1.82) is 0 Å². The highest BCUT2D eigenvalue weighted by molar-refractivity contribution is 9.10. The lowest BCUT2D eigenvalue weighted by Crippen LogP contribution is -2.45. The van der Waals surface area contributed by atoms with Crippen LogP contribution >= 0.6 is 15.9 Å². The first-order valence-electron chi connectivity index (χ1n) is 7.04. The SMILES string of the molecule is CCC[C@@H](c1ccc(OC)c(Br)c1)N1CCNCC1. The van der Waals surface area contributed by atoms with Gasteiger partial charge in [-0.05, 0) is 40.0 Å². The van der Waals surface area contributed by atoms with E-state index in [9.17, 15) is 0 Å². The van der Waals surface area contributed by atoms with Gasteiger partial charge in [0.15, 0.2) is 0 Å². The Labute approximate surface area is 124 Å². The molecule has 19 heavy (non-hydrogen) atoms. The molecule has 1 aliphatic heterocycles. The molecule has 1 saturated heterocycles. The molecule has 1 N–H and O–H groups in total. The van der Waals surface area contributed by atoms with Gasteiger partial charge in [0.25, 0.3) is 0 Å². The molecular weight excluding hydrogens is 304 g/mol. The molecule has 1 fully saturated rings. The minimum atomic E-state index is 0.523. The zero-order valence-corrected chi connectivity index (χ0v) is 13.4. The number of piperazine rings is 1. The van der Waals surface area contributed by atoms with Crippen molar-refractivity contribution in [2.45, 2.75) is 25.8 Å². The lowest BCUT2D eigenvalue weighted by Gasteiger charge is -2.35. The van der Waals surface area contributed by atoms with E-state index in [-0.39, 0.29) is 0 Å². The number of nitrogens with zero attached hydrogens (tertiary/aromatic N) is 1. The first-order chi connectivity index (χ1) is 9.26. The molecule has 0 unspecified atom stereocenters. The van der Waals surface area contributed by atoms with Crippen molar-refractivity contribution in [2.75, 3.05) is 33.3 Å². The van der Waals surface area contributed by atoms with Crippen LogP contribution < -0.4 is 10.1 Å². The van der Waals surface area contributed by atoms with Gasteiger partial charge in [-0.25, -0.2) is 0 Å². The van der Waals surface area contributed by atoms with Crippen molar-refractivity contribution in [3.05, 3.63) is 28.2 Å². The third-order valence-electron chi connectivity index (χ3n) is 3.72. The second-order valence-electron chi connectivity index (χ2n) is 4.98. The van der Waals surface area contributed by atoms with Crippen molar-refractivity contribution >= 4 is 15.9 Å². The van der Waals surface area contributed by atoms with Crippen LogP contribution in [0.3, 0.4) is 0 Å². The molecule has 0 aromatic heterocycles. The van der Waals surface area contributed by atoms with Crippen molar-refractivity contribution in [3.8, 4) is 5.75 Å². The number of benzene rings is 1. The fraction of sp³-hybridized carbons (Fsp3) is 0.600. The Bertz CT molecular complexity index is 405. The summed E-state index contributed by atoms with van der Waals surface area (Å²) in [7, 11) is 1.71. The van der Waals surface area contributed by atoms with Gasteiger partial charge in [0.05, 0.1) is 11.6 Å². The number of halogens is 1. The van der Waals surface area contributed by atoms with Crippen LogP contribution in [-0.4, -0.2) is 38.2 Å². The summed E-state index contributed by atoms with van der Waals surface area (Å²) in [6.45, 7) is 6.71. The number of ether oxygens (including phenoxy) is 1. The summed E-state index contributed by atoms with van der Waals surface area (Å²) in [5, 5.41) is 3.42. The van der Waals surface area contributed by atoms with Gasteiger partial charge in [0.2, 0.25) is 0 Å². The molecule has 0 saturated carbocycles. The van der Waals surface area contributed by atoms with E-state index >= 15 is 0 Å². The van der Waals surface area contributed by atoms with Gasteiger partial charge in [-0.1, -0.05) is 19.4 Å². The van der Waals surface area contributed by atoms with E-state index in [0.29, 0.717) is 6.04 Å². The van der Waals surface area contributed by atoms with Crippen LogP contribution in [0.4, 0.5) is 0 Å². The Kier molecular flexibility index (Phi) is 5.67. The molecule has 0 aliphatic carbocycles. The summed E-state index contributed by atoms with van der Waals surface area (Å²) in [6.07, 6.45) is 2.41. The van der Waals surface area contributed by atoms with Crippen LogP contribution in [0.15, 0.2) is 22.7 Å². The summed E-state index contributed by atoms with van der Waals surface area (Å²) in [5.74, 6) is 0.902. The van der Waals surface area contributed by atoms with E-state index in [4.69, 9.17) is 4.74 Å². The predicted molar refractivity (Wildman–Crippen MR) is 82.8 cm³/mol. The molecule has 3 nitrogen and oxygen atoms in total. The van der Waals surface area contributed by atoms with E-state index in [0.717, 1.165) is 36.4 Å². The minimum absolute atomic E-state index is 0.523. The Morgan fingerprint density at radius 1 is 1.37 bits per heavy atom. The highest BCUT2D eigenvalue weighted by Gasteiger charge is 2.21. The fourth-order valence-corrected chi connectivity index (χ4v) is 3.28. The maximum Gasteiger partial charge on any atom is 0.133 e. The molecule has 1 aromatic carbocycles. The van der Waals surface area contributed by atoms with Gasteiger partial charge in [-0.15, -0.1) is 0 Å². The molecule has 0 radical (unpaired) electrons. The van der Waals surface area contributed by atoms with E-state index in [2.05, 4.69) is 51.3 Å². The number of nitrogens with one attached hydrogen (secondary N) is 1. The molecule has 1 aliphatic rings. The van der Waals surface area contributed by atoms with Gasteiger partial charge in [0.1, 0.15) is 5.75 Å². The van der Waals surface area contributed by atoms with E-state index < -0.39 is 0 Å². The van der Waals surface area contributed by atoms with Crippen LogP contribution in [0.2, 0.25) is 0 Å². The van der Waals surface area contributed by atoms with Crippen LogP contribution in [-0.2, 0) is 0 Å². The molecule has 1 aromatic rings. The zero-order valence-electron chi connectivity index (χ0n) is 11.8. The summed E-state index contributed by atoms with van der Waals surface area (Å²) in [4.78, 5) is 2.59. The summed E-state index contributed by atoms with van der Waals surface area (Å²) < 4.78 is 6.36. The smallest absolute Gasteiger partial charge is 0.133 e. The van der Waals surface area contributed by atoms with Gasteiger partial charge in [-0.3, -0.25) is 4.90 Å². The van der Waals surface area contributed by atoms with Crippen molar-refractivity contribution < 1.29 is 4.74 Å². The third kappa shape index (κ3) is 3.71. The Morgan fingerprint density at radius 2 is 2.11 bits per heavy atom. The summed E-state index contributed by atoms with van der Waals surface area (Å²) in [5.41, 5.74) is 1.39. The van der Waals surface area contributed by atoms with Crippen molar-refractivity contribution in [2.24, 2.45) is 0 Å². The molecule has 2 rings (SSSR count). The van der Waals surface area contributed by atoms with Crippen LogP contribution in [0.5, 0.6) is 5.75 Å². The van der Waals surface area contributed by atoms with Gasteiger partial charge in [0, 0.05) is 32.2 Å². The lowest BCUT2D eigenvalue weighted by molar-refractivity contribution is 0.164. The first kappa shape index (κ1) is 14.8. The topological polar surface area (TPSA) is 24.5 Å². The number of hydrogen-bond donors (Lipinski definition) is 1.